The third-order valence-electron chi connectivity index (χ3n) is 5.26. The highest BCUT2D eigenvalue weighted by molar-refractivity contribution is 5.95. The Morgan fingerprint density at radius 1 is 1.14 bits per heavy atom. The lowest BCUT2D eigenvalue weighted by Crippen LogP contribution is -2.41. The first-order valence-electron chi connectivity index (χ1n) is 9.76. The predicted octanol–water partition coefficient (Wildman–Crippen LogP) is 4.08. The number of rotatable bonds is 5. The summed E-state index contributed by atoms with van der Waals surface area (Å²) in [6.07, 6.45) is 1.68. The number of hydrogen-bond donors (Lipinski definition) is 1. The Labute approximate surface area is 168 Å². The molecule has 2 heterocycles. The molecule has 1 N–H and O–H groups in total. The van der Waals surface area contributed by atoms with Crippen molar-refractivity contribution in [3.63, 3.8) is 0 Å². The Balaban J connectivity index is 1.50. The van der Waals surface area contributed by atoms with Gasteiger partial charge in [0, 0.05) is 11.6 Å². The average Bonchev–Trinajstić information content (AvgIpc) is 3.18. The van der Waals surface area contributed by atoms with E-state index in [0.717, 1.165) is 31.5 Å². The van der Waals surface area contributed by atoms with Crippen molar-refractivity contribution in [2.75, 3.05) is 18.4 Å². The first-order valence-corrected chi connectivity index (χ1v) is 9.76. The molecule has 3 aromatic rings. The molecule has 6 nitrogen and oxygen atoms in total. The van der Waals surface area contributed by atoms with Gasteiger partial charge in [-0.05, 0) is 62.7 Å². The molecular formula is C22H23FN4O2. The van der Waals surface area contributed by atoms with E-state index in [1.807, 2.05) is 37.3 Å². The number of carbonyl (C=O) groups is 1. The molecule has 0 saturated carbocycles. The number of nitrogens with zero attached hydrogens (tertiary/aromatic N) is 3. The second-order valence-corrected chi connectivity index (χ2v) is 7.30. The second kappa shape index (κ2) is 8.53. The summed E-state index contributed by atoms with van der Waals surface area (Å²) in [5.74, 6) is 1.07. The Morgan fingerprint density at radius 2 is 1.83 bits per heavy atom. The van der Waals surface area contributed by atoms with E-state index in [2.05, 4.69) is 20.4 Å². The van der Waals surface area contributed by atoms with Crippen molar-refractivity contribution in [3.05, 3.63) is 77.7 Å². The van der Waals surface area contributed by atoms with Gasteiger partial charge >= 0.3 is 0 Å². The van der Waals surface area contributed by atoms with Gasteiger partial charge in [0.2, 0.25) is 11.8 Å². The van der Waals surface area contributed by atoms with Gasteiger partial charge in [-0.3, -0.25) is 9.69 Å². The monoisotopic (exact) mass is 394 g/mol. The third-order valence-corrected chi connectivity index (χ3v) is 5.26. The van der Waals surface area contributed by atoms with E-state index < -0.39 is 6.04 Å². The smallest absolute Gasteiger partial charge is 0.246 e. The van der Waals surface area contributed by atoms with Gasteiger partial charge in [-0.15, -0.1) is 0 Å². The van der Waals surface area contributed by atoms with E-state index in [-0.39, 0.29) is 17.6 Å². The fourth-order valence-electron chi connectivity index (χ4n) is 3.79. The summed E-state index contributed by atoms with van der Waals surface area (Å²) in [6, 6.07) is 15.1. The van der Waals surface area contributed by atoms with Crippen molar-refractivity contribution in [1.29, 1.82) is 0 Å². The minimum Gasteiger partial charge on any atom is -0.339 e. The molecule has 1 aromatic heterocycles. The van der Waals surface area contributed by atoms with Crippen molar-refractivity contribution in [1.82, 2.24) is 15.0 Å². The SMILES string of the molecule is Cc1noc(C2CCN([C@@H](C(=O)Nc3ccc(F)cc3)c3ccccc3)CC2)n1. The molecule has 0 unspecified atom stereocenters. The first kappa shape index (κ1) is 19.3. The Kier molecular flexibility index (Phi) is 5.67. The van der Waals surface area contributed by atoms with Crippen LogP contribution in [0.1, 0.15) is 42.1 Å². The lowest BCUT2D eigenvalue weighted by molar-refractivity contribution is -0.122. The standard InChI is InChI=1S/C22H23FN4O2/c1-15-24-22(29-26-15)17-11-13-27(14-12-17)20(16-5-3-2-4-6-16)21(28)25-19-9-7-18(23)8-10-19/h2-10,17,20H,11-14H2,1H3,(H,25,28)/t20-/m1/s1. The van der Waals surface area contributed by atoms with Crippen LogP contribution in [0, 0.1) is 12.7 Å². The van der Waals surface area contributed by atoms with E-state index in [0.29, 0.717) is 17.4 Å². The summed E-state index contributed by atoms with van der Waals surface area (Å²) < 4.78 is 18.5. The highest BCUT2D eigenvalue weighted by atomic mass is 19.1. The number of carbonyl (C=O) groups excluding carboxylic acids is 1. The highest BCUT2D eigenvalue weighted by Crippen LogP contribution is 2.32. The van der Waals surface area contributed by atoms with Crippen molar-refractivity contribution >= 4 is 11.6 Å². The third kappa shape index (κ3) is 4.51. The second-order valence-electron chi connectivity index (χ2n) is 7.30. The van der Waals surface area contributed by atoms with Crippen LogP contribution in [0.4, 0.5) is 10.1 Å². The molecule has 1 amide bonds. The summed E-state index contributed by atoms with van der Waals surface area (Å²) >= 11 is 0. The Bertz CT molecular complexity index is 950. The maximum Gasteiger partial charge on any atom is 0.246 e. The van der Waals surface area contributed by atoms with Gasteiger partial charge in [0.15, 0.2) is 5.82 Å². The molecule has 0 spiro atoms. The van der Waals surface area contributed by atoms with Gasteiger partial charge in [0.1, 0.15) is 11.9 Å². The highest BCUT2D eigenvalue weighted by Gasteiger charge is 2.33. The molecule has 1 fully saturated rings. The zero-order chi connectivity index (χ0) is 20.2. The van der Waals surface area contributed by atoms with Crippen LogP contribution in [0.15, 0.2) is 59.1 Å². The summed E-state index contributed by atoms with van der Waals surface area (Å²) in [5, 5.41) is 6.81. The van der Waals surface area contributed by atoms with Crippen LogP contribution >= 0.6 is 0 Å². The molecule has 0 aliphatic carbocycles. The lowest BCUT2D eigenvalue weighted by atomic mass is 9.93. The number of amides is 1. The van der Waals surface area contributed by atoms with Gasteiger partial charge in [-0.2, -0.15) is 4.98 Å². The fourth-order valence-corrected chi connectivity index (χ4v) is 3.79. The normalized spacial score (nSPS) is 16.5. The minimum absolute atomic E-state index is 0.130. The van der Waals surface area contributed by atoms with E-state index in [9.17, 15) is 9.18 Å². The molecule has 0 bridgehead atoms. The Hall–Kier alpha value is -3.06. The van der Waals surface area contributed by atoms with Crippen LogP contribution in [0.3, 0.4) is 0 Å². The molecule has 1 saturated heterocycles. The summed E-state index contributed by atoms with van der Waals surface area (Å²) in [6.45, 7) is 3.29. The number of anilines is 1. The Morgan fingerprint density at radius 3 is 2.45 bits per heavy atom. The molecular weight excluding hydrogens is 371 g/mol. The fraction of sp³-hybridized carbons (Fsp3) is 0.318. The maximum atomic E-state index is 13.2. The zero-order valence-electron chi connectivity index (χ0n) is 16.2. The molecule has 1 aliphatic heterocycles. The van der Waals surface area contributed by atoms with Crippen LogP contribution < -0.4 is 5.32 Å². The number of nitrogens with one attached hydrogen (secondary N) is 1. The van der Waals surface area contributed by atoms with Crippen LogP contribution in [0.25, 0.3) is 0 Å². The minimum atomic E-state index is -0.424. The van der Waals surface area contributed by atoms with Crippen molar-refractivity contribution in [2.45, 2.75) is 31.7 Å². The van der Waals surface area contributed by atoms with E-state index in [1.165, 1.54) is 12.1 Å². The van der Waals surface area contributed by atoms with E-state index in [4.69, 9.17) is 4.52 Å². The number of halogens is 1. The number of benzene rings is 2. The van der Waals surface area contributed by atoms with Crippen LogP contribution in [0.2, 0.25) is 0 Å². The van der Waals surface area contributed by atoms with Gasteiger partial charge in [-0.25, -0.2) is 4.39 Å². The molecule has 2 aromatic carbocycles. The van der Waals surface area contributed by atoms with Gasteiger partial charge < -0.3 is 9.84 Å². The van der Waals surface area contributed by atoms with E-state index in [1.54, 1.807) is 12.1 Å². The molecule has 0 radical (unpaired) electrons. The van der Waals surface area contributed by atoms with Gasteiger partial charge in [-0.1, -0.05) is 35.5 Å². The largest absolute Gasteiger partial charge is 0.339 e. The maximum absolute atomic E-state index is 13.2. The molecule has 150 valence electrons. The van der Waals surface area contributed by atoms with Gasteiger partial charge in [0.05, 0.1) is 0 Å². The molecule has 1 atom stereocenters. The number of piperidine rings is 1. The zero-order valence-corrected chi connectivity index (χ0v) is 16.2. The first-order chi connectivity index (χ1) is 14.1. The summed E-state index contributed by atoms with van der Waals surface area (Å²) in [7, 11) is 0. The predicted molar refractivity (Wildman–Crippen MR) is 107 cm³/mol. The van der Waals surface area contributed by atoms with E-state index >= 15 is 0 Å². The van der Waals surface area contributed by atoms with Gasteiger partial charge in [0.25, 0.3) is 0 Å². The lowest BCUT2D eigenvalue weighted by Gasteiger charge is -2.36. The van der Waals surface area contributed by atoms with Crippen molar-refractivity contribution < 1.29 is 13.7 Å². The quantitative estimate of drug-likeness (QED) is 0.706. The van der Waals surface area contributed by atoms with Crippen molar-refractivity contribution in [2.24, 2.45) is 0 Å². The molecule has 1 aliphatic rings. The summed E-state index contributed by atoms with van der Waals surface area (Å²) in [4.78, 5) is 19.7. The average molecular weight is 394 g/mol. The number of aromatic nitrogens is 2. The topological polar surface area (TPSA) is 71.3 Å². The molecule has 4 rings (SSSR count). The summed E-state index contributed by atoms with van der Waals surface area (Å²) in [5.41, 5.74) is 1.51. The molecule has 7 heteroatoms. The number of likely N-dealkylation sites (tertiary alicyclic amines) is 1. The number of aryl methyl sites for hydroxylation is 1. The molecule has 29 heavy (non-hydrogen) atoms. The van der Waals surface area contributed by atoms with Crippen molar-refractivity contribution in [3.8, 4) is 0 Å². The van der Waals surface area contributed by atoms with Crippen LogP contribution in [0.5, 0.6) is 0 Å². The number of hydrogen-bond acceptors (Lipinski definition) is 5. The van der Waals surface area contributed by atoms with Crippen LogP contribution in [-0.2, 0) is 4.79 Å². The van der Waals surface area contributed by atoms with Crippen LogP contribution in [-0.4, -0.2) is 34.0 Å².